The van der Waals surface area contributed by atoms with Crippen LogP contribution in [0.1, 0.15) is 11.1 Å². The van der Waals surface area contributed by atoms with Gasteiger partial charge in [0.15, 0.2) is 0 Å². The Labute approximate surface area is 166 Å². The number of anilines is 2. The molecule has 28 heavy (non-hydrogen) atoms. The van der Waals surface area contributed by atoms with Gasteiger partial charge in [0.2, 0.25) is 5.82 Å². The van der Waals surface area contributed by atoms with E-state index in [1.807, 2.05) is 13.8 Å². The quantitative estimate of drug-likeness (QED) is 0.448. The molecule has 0 aliphatic carbocycles. The molecule has 1 aromatic heterocycles. The van der Waals surface area contributed by atoms with Gasteiger partial charge >= 0.3 is 11.6 Å². The summed E-state index contributed by atoms with van der Waals surface area (Å²) >= 11 is 6.17. The van der Waals surface area contributed by atoms with Gasteiger partial charge < -0.3 is 14.8 Å². The van der Waals surface area contributed by atoms with E-state index in [1.165, 1.54) is 13.4 Å². The lowest BCUT2D eigenvalue weighted by molar-refractivity contribution is -0.385. The van der Waals surface area contributed by atoms with E-state index in [1.54, 1.807) is 36.4 Å². The highest BCUT2D eigenvalue weighted by molar-refractivity contribution is 6.32. The Balaban J connectivity index is 2.02. The van der Waals surface area contributed by atoms with E-state index in [-0.39, 0.29) is 11.7 Å². The minimum atomic E-state index is -0.595. The molecule has 0 fully saturated rings. The van der Waals surface area contributed by atoms with Crippen molar-refractivity contribution in [1.82, 2.24) is 9.97 Å². The van der Waals surface area contributed by atoms with Gasteiger partial charge in [-0.05, 0) is 49.2 Å². The summed E-state index contributed by atoms with van der Waals surface area (Å²) in [6.45, 7) is 3.65. The van der Waals surface area contributed by atoms with Crippen molar-refractivity contribution in [2.45, 2.75) is 13.8 Å². The van der Waals surface area contributed by atoms with Gasteiger partial charge in [0, 0.05) is 5.02 Å². The second-order valence-corrected chi connectivity index (χ2v) is 6.31. The van der Waals surface area contributed by atoms with Gasteiger partial charge in [-0.15, -0.1) is 0 Å². The molecule has 2 aromatic carbocycles. The molecule has 3 aromatic rings. The molecule has 0 unspecified atom stereocenters. The van der Waals surface area contributed by atoms with Crippen LogP contribution in [0.3, 0.4) is 0 Å². The molecule has 0 aliphatic rings. The maximum absolute atomic E-state index is 11.7. The summed E-state index contributed by atoms with van der Waals surface area (Å²) in [5, 5.41) is 15.2. The van der Waals surface area contributed by atoms with Crippen molar-refractivity contribution in [1.29, 1.82) is 0 Å². The molecule has 0 radical (unpaired) electrons. The first-order chi connectivity index (χ1) is 13.4. The molecule has 0 saturated heterocycles. The highest BCUT2D eigenvalue weighted by atomic mass is 35.5. The highest BCUT2D eigenvalue weighted by Crippen LogP contribution is 2.38. The van der Waals surface area contributed by atoms with Crippen LogP contribution in [0.5, 0.6) is 17.4 Å². The Bertz CT molecular complexity index is 1020. The van der Waals surface area contributed by atoms with Crippen LogP contribution >= 0.6 is 11.6 Å². The van der Waals surface area contributed by atoms with Crippen LogP contribution in [0.2, 0.25) is 5.02 Å². The van der Waals surface area contributed by atoms with Crippen LogP contribution < -0.4 is 14.8 Å². The first-order valence-electron chi connectivity index (χ1n) is 8.24. The van der Waals surface area contributed by atoms with Gasteiger partial charge in [0.25, 0.3) is 0 Å². The van der Waals surface area contributed by atoms with Crippen molar-refractivity contribution in [3.05, 3.63) is 69.0 Å². The van der Waals surface area contributed by atoms with Gasteiger partial charge in [0.05, 0.1) is 17.7 Å². The molecule has 9 heteroatoms. The highest BCUT2D eigenvalue weighted by Gasteiger charge is 2.26. The van der Waals surface area contributed by atoms with Gasteiger partial charge in [0.1, 0.15) is 17.8 Å². The number of rotatable bonds is 6. The fraction of sp³-hybridized carbons (Fsp3) is 0.158. The molecule has 0 aliphatic heterocycles. The fourth-order valence-electron chi connectivity index (χ4n) is 2.65. The molecule has 0 bridgehead atoms. The van der Waals surface area contributed by atoms with Crippen molar-refractivity contribution >= 4 is 28.8 Å². The lowest BCUT2D eigenvalue weighted by atomic mass is 10.1. The number of nitro groups is 1. The zero-order valence-corrected chi connectivity index (χ0v) is 16.1. The molecular weight excluding hydrogens is 384 g/mol. The van der Waals surface area contributed by atoms with Gasteiger partial charge in [-0.3, -0.25) is 10.1 Å². The lowest BCUT2D eigenvalue weighted by Crippen LogP contribution is -2.04. The monoisotopic (exact) mass is 400 g/mol. The van der Waals surface area contributed by atoms with E-state index in [9.17, 15) is 10.1 Å². The Morgan fingerprint density at radius 2 is 1.82 bits per heavy atom. The number of ether oxygens (including phenoxy) is 2. The summed E-state index contributed by atoms with van der Waals surface area (Å²) in [6.07, 6.45) is 1.19. The number of nitrogens with one attached hydrogen (secondary N) is 1. The second-order valence-electron chi connectivity index (χ2n) is 5.93. The van der Waals surface area contributed by atoms with E-state index in [0.29, 0.717) is 22.2 Å². The van der Waals surface area contributed by atoms with E-state index in [0.717, 1.165) is 11.1 Å². The van der Waals surface area contributed by atoms with Crippen LogP contribution in [0, 0.1) is 24.0 Å². The molecule has 0 saturated carbocycles. The number of aryl methyl sites for hydroxylation is 2. The standard InChI is InChI=1S/C19H17ClN4O4/c1-11-8-13(9-12(2)16(11)20)28-19-17(24(25)26)18(21-10-22-19)23-14-6-4-5-7-15(14)27-3/h4-10H,1-3H3,(H,21,22,23). The van der Waals surface area contributed by atoms with Gasteiger partial charge in [-0.25, -0.2) is 4.98 Å². The summed E-state index contributed by atoms with van der Waals surface area (Å²) in [5.41, 5.74) is 1.72. The Kier molecular flexibility index (Phi) is 5.60. The zero-order valence-electron chi connectivity index (χ0n) is 15.4. The largest absolute Gasteiger partial charge is 0.495 e. The average molecular weight is 401 g/mol. The summed E-state index contributed by atoms with van der Waals surface area (Å²) in [4.78, 5) is 19.1. The molecule has 0 spiro atoms. The summed E-state index contributed by atoms with van der Waals surface area (Å²) in [5.74, 6) is 0.715. The van der Waals surface area contributed by atoms with Gasteiger partial charge in [-0.2, -0.15) is 4.98 Å². The average Bonchev–Trinajstić information content (AvgIpc) is 2.66. The first kappa shape index (κ1) is 19.4. The van der Waals surface area contributed by atoms with Crippen molar-refractivity contribution < 1.29 is 14.4 Å². The Morgan fingerprint density at radius 1 is 1.14 bits per heavy atom. The Hall–Kier alpha value is -3.39. The first-order valence-corrected chi connectivity index (χ1v) is 8.62. The van der Waals surface area contributed by atoms with Crippen molar-refractivity contribution in [3.63, 3.8) is 0 Å². The Morgan fingerprint density at radius 3 is 2.46 bits per heavy atom. The van der Waals surface area contributed by atoms with Crippen LogP contribution in [-0.2, 0) is 0 Å². The van der Waals surface area contributed by atoms with E-state index in [4.69, 9.17) is 21.1 Å². The molecule has 8 nitrogen and oxygen atoms in total. The third kappa shape index (κ3) is 3.96. The van der Waals surface area contributed by atoms with Crippen molar-refractivity contribution in [2.24, 2.45) is 0 Å². The number of aromatic nitrogens is 2. The maximum Gasteiger partial charge on any atom is 0.373 e. The zero-order chi connectivity index (χ0) is 20.3. The molecule has 0 amide bonds. The third-order valence-corrected chi connectivity index (χ3v) is 4.55. The second kappa shape index (κ2) is 8.10. The minimum absolute atomic E-state index is 0.0121. The number of para-hydroxylation sites is 2. The number of halogens is 1. The molecule has 1 N–H and O–H groups in total. The van der Waals surface area contributed by atoms with Crippen LogP contribution in [0.15, 0.2) is 42.7 Å². The van der Waals surface area contributed by atoms with Crippen molar-refractivity contribution in [3.8, 4) is 17.4 Å². The molecular formula is C19H17ClN4O4. The van der Waals surface area contributed by atoms with Crippen LogP contribution in [-0.4, -0.2) is 22.0 Å². The predicted molar refractivity (Wildman–Crippen MR) is 106 cm³/mol. The van der Waals surface area contributed by atoms with Crippen LogP contribution in [0.25, 0.3) is 0 Å². The molecule has 1 heterocycles. The number of benzene rings is 2. The summed E-state index contributed by atoms with van der Waals surface area (Å²) < 4.78 is 11.0. The smallest absolute Gasteiger partial charge is 0.373 e. The van der Waals surface area contributed by atoms with E-state index >= 15 is 0 Å². The SMILES string of the molecule is COc1ccccc1Nc1ncnc(Oc2cc(C)c(Cl)c(C)c2)c1[N+](=O)[O-]. The molecule has 144 valence electrons. The van der Waals surface area contributed by atoms with Gasteiger partial charge in [-0.1, -0.05) is 23.7 Å². The number of hydrogen-bond donors (Lipinski definition) is 1. The van der Waals surface area contributed by atoms with Crippen molar-refractivity contribution in [2.75, 3.05) is 12.4 Å². The molecule has 3 rings (SSSR count). The number of nitrogens with zero attached hydrogens (tertiary/aromatic N) is 3. The summed E-state index contributed by atoms with van der Waals surface area (Å²) in [6, 6.07) is 10.4. The van der Waals surface area contributed by atoms with E-state index < -0.39 is 10.6 Å². The predicted octanol–water partition coefficient (Wildman–Crippen LogP) is 5.20. The minimum Gasteiger partial charge on any atom is -0.495 e. The topological polar surface area (TPSA) is 99.4 Å². The fourth-order valence-corrected chi connectivity index (χ4v) is 2.75. The van der Waals surface area contributed by atoms with E-state index in [2.05, 4.69) is 15.3 Å². The third-order valence-electron chi connectivity index (χ3n) is 3.96. The summed E-state index contributed by atoms with van der Waals surface area (Å²) in [7, 11) is 1.51. The maximum atomic E-state index is 11.7. The lowest BCUT2D eigenvalue weighted by Gasteiger charge is -2.12. The van der Waals surface area contributed by atoms with Crippen LogP contribution in [0.4, 0.5) is 17.2 Å². The number of hydrogen-bond acceptors (Lipinski definition) is 7. The molecule has 0 atom stereocenters. The normalized spacial score (nSPS) is 10.4. The number of methoxy groups -OCH3 is 1.